The Morgan fingerprint density at radius 1 is 1.11 bits per heavy atom. The highest BCUT2D eigenvalue weighted by atomic mass is 32.1. The van der Waals surface area contributed by atoms with Gasteiger partial charge in [0.05, 0.1) is 11.6 Å². The van der Waals surface area contributed by atoms with Gasteiger partial charge in [0.2, 0.25) is 5.91 Å². The molecule has 3 rings (SSSR count). The van der Waals surface area contributed by atoms with Gasteiger partial charge in [0.15, 0.2) is 5.96 Å². The Kier molecular flexibility index (Phi) is 8.09. The highest BCUT2D eigenvalue weighted by Gasteiger charge is 2.23. The van der Waals surface area contributed by atoms with Crippen LogP contribution >= 0.6 is 11.3 Å². The second-order valence-corrected chi connectivity index (χ2v) is 8.97. The molecule has 1 amide bonds. The molecule has 0 aliphatic carbocycles. The first kappa shape index (κ1) is 21.0. The van der Waals surface area contributed by atoms with Gasteiger partial charge in [-0.05, 0) is 19.8 Å². The summed E-state index contributed by atoms with van der Waals surface area (Å²) in [5.41, 5.74) is 0. The quantitative estimate of drug-likeness (QED) is 0.594. The number of carbonyl (C=O) groups is 1. The molecule has 0 spiro atoms. The number of carbonyl (C=O) groups excluding carboxylic acids is 1. The fourth-order valence-electron chi connectivity index (χ4n) is 3.86. The van der Waals surface area contributed by atoms with E-state index in [0.717, 1.165) is 76.0 Å². The van der Waals surface area contributed by atoms with Gasteiger partial charge in [0.1, 0.15) is 0 Å². The van der Waals surface area contributed by atoms with Crippen LogP contribution in [0.5, 0.6) is 0 Å². The summed E-state index contributed by atoms with van der Waals surface area (Å²) in [6.07, 6.45) is 7.68. The third-order valence-electron chi connectivity index (χ3n) is 5.49. The molecule has 2 aliphatic heterocycles. The second kappa shape index (κ2) is 10.8. The zero-order chi connectivity index (χ0) is 19.8. The van der Waals surface area contributed by atoms with E-state index in [9.17, 15) is 4.79 Å². The molecule has 1 aromatic heterocycles. The number of nitrogens with zero attached hydrogens (tertiary/aromatic N) is 5. The molecule has 2 aliphatic rings. The van der Waals surface area contributed by atoms with E-state index in [-0.39, 0.29) is 0 Å². The predicted octanol–water partition coefficient (Wildman–Crippen LogP) is 1.59. The maximum atomic E-state index is 12.6. The molecule has 1 aromatic rings. The van der Waals surface area contributed by atoms with Crippen LogP contribution in [0.15, 0.2) is 11.2 Å². The van der Waals surface area contributed by atoms with E-state index in [1.54, 1.807) is 11.3 Å². The van der Waals surface area contributed by atoms with Crippen molar-refractivity contribution in [2.24, 2.45) is 4.99 Å². The molecule has 0 aromatic carbocycles. The van der Waals surface area contributed by atoms with Crippen LogP contribution in [0.25, 0.3) is 0 Å². The molecule has 0 unspecified atom stereocenters. The van der Waals surface area contributed by atoms with Crippen LogP contribution in [0.1, 0.15) is 35.6 Å². The number of piperazine rings is 1. The Bertz CT molecular complexity index is 645. The Morgan fingerprint density at radius 2 is 1.82 bits per heavy atom. The topological polar surface area (TPSA) is 64.1 Å². The number of thiazole rings is 1. The summed E-state index contributed by atoms with van der Waals surface area (Å²) < 4.78 is 0. The maximum absolute atomic E-state index is 12.6. The van der Waals surface area contributed by atoms with E-state index in [2.05, 4.69) is 36.9 Å². The van der Waals surface area contributed by atoms with Gasteiger partial charge in [0.25, 0.3) is 0 Å². The molecule has 3 heterocycles. The number of likely N-dealkylation sites (tertiary alicyclic amines) is 1. The molecule has 0 bridgehead atoms. The fourth-order valence-corrected chi connectivity index (χ4v) is 4.65. The zero-order valence-electron chi connectivity index (χ0n) is 17.3. The molecule has 0 radical (unpaired) electrons. The van der Waals surface area contributed by atoms with Crippen LogP contribution in [0.4, 0.5) is 0 Å². The molecule has 8 heteroatoms. The van der Waals surface area contributed by atoms with E-state index < -0.39 is 0 Å². The minimum absolute atomic E-state index is 0.302. The van der Waals surface area contributed by atoms with Crippen molar-refractivity contribution in [2.75, 3.05) is 59.4 Å². The number of rotatable bonds is 5. The van der Waals surface area contributed by atoms with Crippen LogP contribution in [-0.2, 0) is 11.2 Å². The van der Waals surface area contributed by atoms with Gasteiger partial charge in [-0.2, -0.15) is 0 Å². The average Bonchev–Trinajstić information content (AvgIpc) is 2.94. The van der Waals surface area contributed by atoms with Crippen LogP contribution < -0.4 is 5.32 Å². The van der Waals surface area contributed by atoms with E-state index in [4.69, 9.17) is 0 Å². The van der Waals surface area contributed by atoms with Gasteiger partial charge in [-0.15, -0.1) is 11.3 Å². The summed E-state index contributed by atoms with van der Waals surface area (Å²) in [5.74, 6) is 1.25. The van der Waals surface area contributed by atoms with Crippen molar-refractivity contribution >= 4 is 23.2 Å². The highest BCUT2D eigenvalue weighted by molar-refractivity contribution is 7.11. The number of hydrogen-bond acceptors (Lipinski definition) is 5. The molecule has 7 nitrogen and oxygen atoms in total. The van der Waals surface area contributed by atoms with E-state index >= 15 is 0 Å². The van der Waals surface area contributed by atoms with Crippen molar-refractivity contribution in [1.29, 1.82) is 0 Å². The normalized spacial score (nSPS) is 19.6. The standard InChI is InChI=1S/C20H34N6OS/c1-17-15-23-18(28-17)7-8-22-20(21-2)26-13-11-24(12-14-26)16-19(27)25-9-5-3-4-6-10-25/h15H,3-14,16H2,1-2H3,(H,21,22). The molecule has 28 heavy (non-hydrogen) atoms. The number of nitrogens with one attached hydrogen (secondary N) is 1. The Morgan fingerprint density at radius 3 is 2.43 bits per heavy atom. The monoisotopic (exact) mass is 406 g/mol. The minimum atomic E-state index is 0.302. The van der Waals surface area contributed by atoms with Crippen molar-refractivity contribution in [2.45, 2.75) is 39.0 Å². The van der Waals surface area contributed by atoms with Crippen molar-refractivity contribution in [1.82, 2.24) is 25.0 Å². The second-order valence-electron chi connectivity index (χ2n) is 7.65. The first-order valence-corrected chi connectivity index (χ1v) is 11.3. The minimum Gasteiger partial charge on any atom is -0.356 e. The van der Waals surface area contributed by atoms with Gasteiger partial charge in [0, 0.05) is 70.4 Å². The summed E-state index contributed by atoms with van der Waals surface area (Å²) in [4.78, 5) is 29.4. The summed E-state index contributed by atoms with van der Waals surface area (Å²) >= 11 is 1.75. The predicted molar refractivity (Wildman–Crippen MR) is 115 cm³/mol. The maximum Gasteiger partial charge on any atom is 0.236 e. The van der Waals surface area contributed by atoms with Gasteiger partial charge in [-0.1, -0.05) is 12.8 Å². The van der Waals surface area contributed by atoms with Gasteiger partial charge < -0.3 is 15.1 Å². The lowest BCUT2D eigenvalue weighted by atomic mass is 10.2. The van der Waals surface area contributed by atoms with Crippen LogP contribution in [0.2, 0.25) is 0 Å². The molecular formula is C20H34N6OS. The van der Waals surface area contributed by atoms with Gasteiger partial charge >= 0.3 is 0 Å². The molecule has 2 fully saturated rings. The van der Waals surface area contributed by atoms with E-state index in [1.807, 2.05) is 13.2 Å². The summed E-state index contributed by atoms with van der Waals surface area (Å²) in [7, 11) is 1.84. The molecule has 0 saturated carbocycles. The third-order valence-corrected chi connectivity index (χ3v) is 6.46. The number of aryl methyl sites for hydroxylation is 1. The zero-order valence-corrected chi connectivity index (χ0v) is 18.1. The first-order valence-electron chi connectivity index (χ1n) is 10.5. The summed E-state index contributed by atoms with van der Waals surface area (Å²) in [6, 6.07) is 0. The Balaban J connectivity index is 1.38. The fraction of sp³-hybridized carbons (Fsp3) is 0.750. The lowest BCUT2D eigenvalue weighted by Gasteiger charge is -2.37. The Labute approximate surface area is 172 Å². The van der Waals surface area contributed by atoms with Crippen LogP contribution in [0.3, 0.4) is 0 Å². The SMILES string of the molecule is CN=C(NCCc1ncc(C)s1)N1CCN(CC(=O)N2CCCCCC2)CC1. The van der Waals surface area contributed by atoms with Gasteiger partial charge in [-0.3, -0.25) is 14.7 Å². The number of guanidine groups is 1. The molecular weight excluding hydrogens is 372 g/mol. The third kappa shape index (κ3) is 6.17. The number of amides is 1. The Hall–Kier alpha value is -1.67. The molecule has 0 atom stereocenters. The highest BCUT2D eigenvalue weighted by Crippen LogP contribution is 2.12. The smallest absolute Gasteiger partial charge is 0.236 e. The number of aliphatic imine (C=N–C) groups is 1. The molecule has 2 saturated heterocycles. The van der Waals surface area contributed by atoms with Crippen molar-refractivity contribution in [3.8, 4) is 0 Å². The van der Waals surface area contributed by atoms with Crippen molar-refractivity contribution in [3.05, 3.63) is 16.1 Å². The lowest BCUT2D eigenvalue weighted by Crippen LogP contribution is -2.54. The lowest BCUT2D eigenvalue weighted by molar-refractivity contribution is -0.132. The number of aromatic nitrogens is 1. The van der Waals surface area contributed by atoms with Crippen molar-refractivity contribution < 1.29 is 4.79 Å². The van der Waals surface area contributed by atoms with E-state index in [0.29, 0.717) is 12.5 Å². The van der Waals surface area contributed by atoms with Crippen LogP contribution in [0, 0.1) is 6.92 Å². The molecule has 1 N–H and O–H groups in total. The van der Waals surface area contributed by atoms with Crippen LogP contribution in [-0.4, -0.2) is 91.0 Å². The first-order chi connectivity index (χ1) is 13.7. The van der Waals surface area contributed by atoms with E-state index in [1.165, 1.54) is 17.7 Å². The summed E-state index contributed by atoms with van der Waals surface area (Å²) in [5, 5.41) is 4.62. The number of hydrogen-bond donors (Lipinski definition) is 1. The average molecular weight is 407 g/mol. The van der Waals surface area contributed by atoms with Gasteiger partial charge in [-0.25, -0.2) is 4.98 Å². The summed E-state index contributed by atoms with van der Waals surface area (Å²) in [6.45, 7) is 8.99. The largest absolute Gasteiger partial charge is 0.356 e. The van der Waals surface area contributed by atoms with Crippen molar-refractivity contribution in [3.63, 3.8) is 0 Å². The molecule has 156 valence electrons.